The summed E-state index contributed by atoms with van der Waals surface area (Å²) < 4.78 is 6.85. The standard InChI is InChI=1S/C20H25N3O3S/c1-20(2,3)16-10-18(25)23-14(12-27-19(23)22-16)9-17(24)21-11-13-6-5-7-15(8-13)26-4/h5-8,10,14H,9,11-12H2,1-4H3,(H,21,24). The summed E-state index contributed by atoms with van der Waals surface area (Å²) in [4.78, 5) is 29.6. The van der Waals surface area contributed by atoms with E-state index in [1.807, 2.05) is 45.0 Å². The molecule has 2 aromatic rings. The zero-order valence-electron chi connectivity index (χ0n) is 16.1. The summed E-state index contributed by atoms with van der Waals surface area (Å²) in [5.74, 6) is 1.36. The van der Waals surface area contributed by atoms with Gasteiger partial charge in [-0.2, -0.15) is 0 Å². The molecule has 144 valence electrons. The van der Waals surface area contributed by atoms with Gasteiger partial charge >= 0.3 is 0 Å². The Hall–Kier alpha value is -2.28. The maximum absolute atomic E-state index is 12.6. The van der Waals surface area contributed by atoms with Crippen molar-refractivity contribution in [1.82, 2.24) is 14.9 Å². The van der Waals surface area contributed by atoms with E-state index >= 15 is 0 Å². The fourth-order valence-corrected chi connectivity index (χ4v) is 4.11. The molecule has 0 saturated heterocycles. The van der Waals surface area contributed by atoms with Crippen molar-refractivity contribution >= 4 is 17.7 Å². The van der Waals surface area contributed by atoms with Crippen molar-refractivity contribution in [1.29, 1.82) is 0 Å². The van der Waals surface area contributed by atoms with Gasteiger partial charge in [0.05, 0.1) is 18.8 Å². The Morgan fingerprint density at radius 2 is 2.15 bits per heavy atom. The summed E-state index contributed by atoms with van der Waals surface area (Å²) in [6, 6.07) is 9.02. The van der Waals surface area contributed by atoms with Gasteiger partial charge in [-0.25, -0.2) is 4.98 Å². The van der Waals surface area contributed by atoms with Crippen LogP contribution in [0.2, 0.25) is 0 Å². The summed E-state index contributed by atoms with van der Waals surface area (Å²) in [7, 11) is 1.61. The third-order valence-electron chi connectivity index (χ3n) is 4.50. The number of carbonyl (C=O) groups excluding carboxylic acids is 1. The number of fused-ring (bicyclic) bond motifs is 1. The minimum atomic E-state index is -0.179. The normalized spacial score (nSPS) is 16.1. The van der Waals surface area contributed by atoms with E-state index in [1.54, 1.807) is 17.7 Å². The van der Waals surface area contributed by atoms with Crippen molar-refractivity contribution in [3.63, 3.8) is 0 Å². The summed E-state index contributed by atoms with van der Waals surface area (Å²) >= 11 is 1.54. The highest BCUT2D eigenvalue weighted by Crippen LogP contribution is 2.33. The lowest BCUT2D eigenvalue weighted by atomic mass is 9.92. The molecule has 1 aliphatic rings. The monoisotopic (exact) mass is 387 g/mol. The van der Waals surface area contributed by atoms with Crippen molar-refractivity contribution in [2.24, 2.45) is 0 Å². The van der Waals surface area contributed by atoms with Crippen LogP contribution in [-0.2, 0) is 16.8 Å². The van der Waals surface area contributed by atoms with Crippen LogP contribution in [0.1, 0.15) is 44.5 Å². The molecule has 2 heterocycles. The average molecular weight is 388 g/mol. The van der Waals surface area contributed by atoms with Gasteiger partial charge in [-0.05, 0) is 17.7 Å². The molecule has 1 aromatic carbocycles. The molecule has 3 rings (SSSR count). The van der Waals surface area contributed by atoms with Gasteiger partial charge in [-0.1, -0.05) is 44.7 Å². The van der Waals surface area contributed by atoms with Crippen molar-refractivity contribution in [2.45, 2.75) is 50.4 Å². The fourth-order valence-electron chi connectivity index (χ4n) is 2.96. The summed E-state index contributed by atoms with van der Waals surface area (Å²) in [6.07, 6.45) is 0.264. The maximum atomic E-state index is 12.6. The van der Waals surface area contributed by atoms with Gasteiger partial charge in [-0.15, -0.1) is 0 Å². The number of benzene rings is 1. The number of hydrogen-bond acceptors (Lipinski definition) is 5. The van der Waals surface area contributed by atoms with Crippen molar-refractivity contribution in [2.75, 3.05) is 12.9 Å². The molecule has 7 heteroatoms. The Morgan fingerprint density at radius 3 is 2.85 bits per heavy atom. The molecule has 0 aliphatic carbocycles. The number of nitrogens with zero attached hydrogens (tertiary/aromatic N) is 2. The number of rotatable bonds is 5. The topological polar surface area (TPSA) is 73.2 Å². The summed E-state index contributed by atoms with van der Waals surface area (Å²) in [5, 5.41) is 3.63. The van der Waals surface area contributed by atoms with Gasteiger partial charge in [0, 0.05) is 30.2 Å². The number of thioether (sulfide) groups is 1. The van der Waals surface area contributed by atoms with Crippen LogP contribution in [0, 0.1) is 0 Å². The minimum Gasteiger partial charge on any atom is -0.497 e. The van der Waals surface area contributed by atoms with Crippen molar-refractivity contribution in [3.8, 4) is 5.75 Å². The molecular weight excluding hydrogens is 362 g/mol. The molecule has 0 spiro atoms. The zero-order valence-corrected chi connectivity index (χ0v) is 16.9. The molecule has 1 atom stereocenters. The Morgan fingerprint density at radius 1 is 1.37 bits per heavy atom. The quantitative estimate of drug-likeness (QED) is 0.799. The number of carbonyl (C=O) groups is 1. The highest BCUT2D eigenvalue weighted by molar-refractivity contribution is 7.99. The second-order valence-electron chi connectivity index (χ2n) is 7.68. The van der Waals surface area contributed by atoms with Crippen molar-refractivity contribution < 1.29 is 9.53 Å². The van der Waals surface area contributed by atoms with Gasteiger partial charge in [0.15, 0.2) is 5.16 Å². The number of hydrogen-bond donors (Lipinski definition) is 1. The number of nitrogens with one attached hydrogen (secondary N) is 1. The van der Waals surface area contributed by atoms with Crippen LogP contribution in [0.25, 0.3) is 0 Å². The van der Waals surface area contributed by atoms with E-state index in [1.165, 1.54) is 11.8 Å². The molecule has 27 heavy (non-hydrogen) atoms. The molecule has 1 aromatic heterocycles. The van der Waals surface area contributed by atoms with E-state index in [-0.39, 0.29) is 29.3 Å². The second kappa shape index (κ2) is 7.76. The smallest absolute Gasteiger partial charge is 0.254 e. The number of aromatic nitrogens is 2. The fraction of sp³-hybridized carbons (Fsp3) is 0.450. The van der Waals surface area contributed by atoms with Gasteiger partial charge in [0.1, 0.15) is 5.75 Å². The Bertz CT molecular complexity index is 902. The van der Waals surface area contributed by atoms with Gasteiger partial charge in [0.2, 0.25) is 5.91 Å². The summed E-state index contributed by atoms with van der Waals surface area (Å²) in [5.41, 5.74) is 1.49. The average Bonchev–Trinajstić information content (AvgIpc) is 3.03. The summed E-state index contributed by atoms with van der Waals surface area (Å²) in [6.45, 7) is 6.54. The van der Waals surface area contributed by atoms with E-state index in [0.29, 0.717) is 17.5 Å². The van der Waals surface area contributed by atoms with Crippen LogP contribution in [0.5, 0.6) is 5.75 Å². The third-order valence-corrected chi connectivity index (χ3v) is 5.60. The molecule has 0 saturated carbocycles. The Labute approximate surface area is 163 Å². The highest BCUT2D eigenvalue weighted by atomic mass is 32.2. The third kappa shape index (κ3) is 4.53. The Kier molecular flexibility index (Phi) is 5.60. The van der Waals surface area contributed by atoms with E-state index in [9.17, 15) is 9.59 Å². The molecule has 1 aliphatic heterocycles. The van der Waals surface area contributed by atoms with E-state index in [4.69, 9.17) is 4.74 Å². The lowest BCUT2D eigenvalue weighted by Crippen LogP contribution is -2.31. The molecular formula is C20H25N3O3S. The number of ether oxygens (including phenoxy) is 1. The first-order valence-corrected chi connectivity index (χ1v) is 9.93. The van der Waals surface area contributed by atoms with Crippen LogP contribution in [-0.4, -0.2) is 28.3 Å². The first kappa shape index (κ1) is 19.5. The largest absolute Gasteiger partial charge is 0.497 e. The number of amides is 1. The van der Waals surface area contributed by atoms with Gasteiger partial charge in [-0.3, -0.25) is 14.2 Å². The molecule has 6 nitrogen and oxygen atoms in total. The minimum absolute atomic E-state index is 0.0805. The van der Waals surface area contributed by atoms with Crippen LogP contribution in [0.4, 0.5) is 0 Å². The molecule has 0 radical (unpaired) electrons. The maximum Gasteiger partial charge on any atom is 0.254 e. The molecule has 1 N–H and O–H groups in total. The zero-order chi connectivity index (χ0) is 19.6. The number of methoxy groups -OCH3 is 1. The van der Waals surface area contributed by atoms with E-state index in [2.05, 4.69) is 10.3 Å². The molecule has 1 unspecified atom stereocenters. The van der Waals surface area contributed by atoms with Crippen LogP contribution >= 0.6 is 11.8 Å². The van der Waals surface area contributed by atoms with Crippen LogP contribution < -0.4 is 15.6 Å². The second-order valence-corrected chi connectivity index (χ2v) is 8.67. The lowest BCUT2D eigenvalue weighted by Gasteiger charge is -2.19. The first-order chi connectivity index (χ1) is 12.8. The predicted octanol–water partition coefficient (Wildman–Crippen LogP) is 2.90. The SMILES string of the molecule is COc1cccc(CNC(=O)CC2CSc3nc(C(C)(C)C)cc(=O)n32)c1. The molecule has 0 bridgehead atoms. The van der Waals surface area contributed by atoms with Crippen molar-refractivity contribution in [3.05, 3.63) is 51.9 Å². The van der Waals surface area contributed by atoms with E-state index < -0.39 is 0 Å². The lowest BCUT2D eigenvalue weighted by molar-refractivity contribution is -0.121. The van der Waals surface area contributed by atoms with Crippen LogP contribution in [0.3, 0.4) is 0 Å². The predicted molar refractivity (Wildman–Crippen MR) is 106 cm³/mol. The molecule has 1 amide bonds. The Balaban J connectivity index is 1.66. The van der Waals surface area contributed by atoms with Gasteiger partial charge in [0.25, 0.3) is 5.56 Å². The van der Waals surface area contributed by atoms with Crippen LogP contribution in [0.15, 0.2) is 40.3 Å². The first-order valence-electron chi connectivity index (χ1n) is 8.94. The highest BCUT2D eigenvalue weighted by Gasteiger charge is 2.29. The molecule has 0 fully saturated rings. The van der Waals surface area contributed by atoms with E-state index in [0.717, 1.165) is 17.0 Å². The van der Waals surface area contributed by atoms with Gasteiger partial charge < -0.3 is 10.1 Å².